The van der Waals surface area contributed by atoms with Crippen molar-refractivity contribution in [3.05, 3.63) is 48.4 Å². The molecule has 1 heterocycles. The van der Waals surface area contributed by atoms with E-state index in [-0.39, 0.29) is 0 Å². The molecule has 4 nitrogen and oxygen atoms in total. The third kappa shape index (κ3) is 2.73. The molecule has 0 aliphatic heterocycles. The first-order valence-corrected chi connectivity index (χ1v) is 5.26. The van der Waals surface area contributed by atoms with Gasteiger partial charge in [0.2, 0.25) is 0 Å². The van der Waals surface area contributed by atoms with Gasteiger partial charge in [0.05, 0.1) is 12.5 Å². The number of hydrogen-bond acceptors (Lipinski definition) is 3. The van der Waals surface area contributed by atoms with E-state index in [9.17, 15) is 4.79 Å². The van der Waals surface area contributed by atoms with Crippen molar-refractivity contribution in [1.29, 1.82) is 0 Å². The second kappa shape index (κ2) is 4.84. The Morgan fingerprint density at radius 1 is 1.24 bits per heavy atom. The van der Waals surface area contributed by atoms with Crippen molar-refractivity contribution in [1.82, 2.24) is 0 Å². The van der Waals surface area contributed by atoms with E-state index in [1.807, 2.05) is 30.3 Å². The molecule has 4 heteroatoms. The molecule has 88 valence electrons. The number of aliphatic carboxylic acids is 1. The maximum Gasteiger partial charge on any atom is 0.320 e. The van der Waals surface area contributed by atoms with Crippen molar-refractivity contribution in [2.45, 2.75) is 12.5 Å². The van der Waals surface area contributed by atoms with Gasteiger partial charge in [-0.25, -0.2) is 0 Å². The molecule has 0 spiro atoms. The lowest BCUT2D eigenvalue weighted by atomic mass is 10.0. The van der Waals surface area contributed by atoms with E-state index in [1.54, 1.807) is 12.5 Å². The molecular weight excluding hydrogens is 218 g/mol. The fraction of sp³-hybridized carbons (Fsp3) is 0.154. The fourth-order valence-electron chi connectivity index (χ4n) is 1.60. The molecule has 0 radical (unpaired) electrons. The molecule has 0 saturated carbocycles. The number of furan rings is 1. The molecule has 1 atom stereocenters. The minimum Gasteiger partial charge on any atom is -0.480 e. The lowest BCUT2D eigenvalue weighted by Gasteiger charge is -2.06. The molecule has 0 aliphatic rings. The zero-order valence-corrected chi connectivity index (χ0v) is 9.17. The van der Waals surface area contributed by atoms with Gasteiger partial charge in [-0.05, 0) is 23.6 Å². The zero-order valence-electron chi connectivity index (χ0n) is 9.17. The van der Waals surface area contributed by atoms with Crippen molar-refractivity contribution in [3.63, 3.8) is 0 Å². The van der Waals surface area contributed by atoms with E-state index in [1.165, 1.54) is 0 Å². The maximum absolute atomic E-state index is 10.6. The zero-order chi connectivity index (χ0) is 12.3. The molecule has 2 aromatic rings. The van der Waals surface area contributed by atoms with Crippen LogP contribution in [0.2, 0.25) is 0 Å². The predicted octanol–water partition coefficient (Wildman–Crippen LogP) is 1.90. The minimum atomic E-state index is -0.982. The summed E-state index contributed by atoms with van der Waals surface area (Å²) in [7, 11) is 0. The Balaban J connectivity index is 2.11. The highest BCUT2D eigenvalue weighted by molar-refractivity contribution is 5.73. The monoisotopic (exact) mass is 231 g/mol. The third-order valence-corrected chi connectivity index (χ3v) is 2.58. The van der Waals surface area contributed by atoms with Crippen LogP contribution in [0.1, 0.15) is 5.56 Å². The standard InChI is InChI=1S/C13H13NO3/c14-12(13(15)16)7-9-1-3-10(4-2-9)11-5-6-17-8-11/h1-6,8,12H,7,14H2,(H,15,16). The summed E-state index contributed by atoms with van der Waals surface area (Å²) in [6.07, 6.45) is 3.61. The van der Waals surface area contributed by atoms with E-state index >= 15 is 0 Å². The van der Waals surface area contributed by atoms with E-state index in [0.29, 0.717) is 6.42 Å². The summed E-state index contributed by atoms with van der Waals surface area (Å²) < 4.78 is 5.00. The number of carboxylic acids is 1. The molecule has 2 rings (SSSR count). The summed E-state index contributed by atoms with van der Waals surface area (Å²) in [5, 5.41) is 8.71. The average Bonchev–Trinajstić information content (AvgIpc) is 2.83. The third-order valence-electron chi connectivity index (χ3n) is 2.58. The topological polar surface area (TPSA) is 76.5 Å². The highest BCUT2D eigenvalue weighted by atomic mass is 16.4. The molecule has 0 amide bonds. The smallest absolute Gasteiger partial charge is 0.320 e. The summed E-state index contributed by atoms with van der Waals surface area (Å²) in [6.45, 7) is 0. The molecule has 17 heavy (non-hydrogen) atoms. The first kappa shape index (κ1) is 11.4. The molecular formula is C13H13NO3. The number of hydrogen-bond donors (Lipinski definition) is 2. The second-order valence-electron chi connectivity index (χ2n) is 3.86. The van der Waals surface area contributed by atoms with E-state index in [0.717, 1.165) is 16.7 Å². The molecule has 1 unspecified atom stereocenters. The van der Waals surface area contributed by atoms with Crippen LogP contribution in [0, 0.1) is 0 Å². The van der Waals surface area contributed by atoms with Crippen LogP contribution in [-0.4, -0.2) is 17.1 Å². The van der Waals surface area contributed by atoms with Gasteiger partial charge in [-0.3, -0.25) is 4.79 Å². The van der Waals surface area contributed by atoms with Crippen LogP contribution >= 0.6 is 0 Å². The van der Waals surface area contributed by atoms with Crippen LogP contribution < -0.4 is 5.73 Å². The number of nitrogens with two attached hydrogens (primary N) is 1. The Bertz CT molecular complexity index is 488. The van der Waals surface area contributed by atoms with Crippen molar-refractivity contribution in [3.8, 4) is 11.1 Å². The minimum absolute atomic E-state index is 0.334. The van der Waals surface area contributed by atoms with Crippen LogP contribution in [0.25, 0.3) is 11.1 Å². The Labute approximate surface area is 98.7 Å². The summed E-state index contributed by atoms with van der Waals surface area (Å²) in [6, 6.07) is 8.63. The van der Waals surface area contributed by atoms with Gasteiger partial charge in [-0.2, -0.15) is 0 Å². The second-order valence-corrected chi connectivity index (χ2v) is 3.86. The Morgan fingerprint density at radius 3 is 2.47 bits per heavy atom. The Hall–Kier alpha value is -2.07. The lowest BCUT2D eigenvalue weighted by molar-refractivity contribution is -0.138. The highest BCUT2D eigenvalue weighted by Gasteiger charge is 2.11. The lowest BCUT2D eigenvalue weighted by Crippen LogP contribution is -2.32. The SMILES string of the molecule is NC(Cc1ccc(-c2ccoc2)cc1)C(=O)O. The van der Waals surface area contributed by atoms with E-state index in [4.69, 9.17) is 15.3 Å². The molecule has 1 aromatic heterocycles. The van der Waals surface area contributed by atoms with Gasteiger partial charge < -0.3 is 15.3 Å². The van der Waals surface area contributed by atoms with Gasteiger partial charge in [-0.15, -0.1) is 0 Å². The van der Waals surface area contributed by atoms with Crippen LogP contribution in [0.5, 0.6) is 0 Å². The van der Waals surface area contributed by atoms with Crippen molar-refractivity contribution >= 4 is 5.97 Å². The predicted molar refractivity (Wildman–Crippen MR) is 63.5 cm³/mol. The van der Waals surface area contributed by atoms with Gasteiger partial charge in [0.25, 0.3) is 0 Å². The van der Waals surface area contributed by atoms with Gasteiger partial charge in [0.1, 0.15) is 6.04 Å². The largest absolute Gasteiger partial charge is 0.480 e. The molecule has 0 bridgehead atoms. The molecule has 1 aromatic carbocycles. The van der Waals surface area contributed by atoms with Crippen LogP contribution in [-0.2, 0) is 11.2 Å². The first-order valence-electron chi connectivity index (χ1n) is 5.26. The molecule has 0 saturated heterocycles. The number of rotatable bonds is 4. The van der Waals surface area contributed by atoms with Crippen molar-refractivity contribution < 1.29 is 14.3 Å². The van der Waals surface area contributed by atoms with Crippen LogP contribution in [0.15, 0.2) is 47.3 Å². The maximum atomic E-state index is 10.6. The van der Waals surface area contributed by atoms with E-state index < -0.39 is 12.0 Å². The van der Waals surface area contributed by atoms with Gasteiger partial charge in [0.15, 0.2) is 0 Å². The van der Waals surface area contributed by atoms with E-state index in [2.05, 4.69) is 0 Å². The average molecular weight is 231 g/mol. The van der Waals surface area contributed by atoms with Crippen molar-refractivity contribution in [2.75, 3.05) is 0 Å². The quantitative estimate of drug-likeness (QED) is 0.842. The van der Waals surface area contributed by atoms with Gasteiger partial charge >= 0.3 is 5.97 Å². The number of carbonyl (C=O) groups is 1. The molecule has 0 fully saturated rings. The number of carboxylic acid groups (broad SMARTS) is 1. The normalized spacial score (nSPS) is 12.3. The van der Waals surface area contributed by atoms with Crippen LogP contribution in [0.4, 0.5) is 0 Å². The summed E-state index contributed by atoms with van der Waals surface area (Å²) in [4.78, 5) is 10.6. The van der Waals surface area contributed by atoms with Gasteiger partial charge in [-0.1, -0.05) is 24.3 Å². The Morgan fingerprint density at radius 2 is 1.94 bits per heavy atom. The van der Waals surface area contributed by atoms with Crippen LogP contribution in [0.3, 0.4) is 0 Å². The van der Waals surface area contributed by atoms with Crippen molar-refractivity contribution in [2.24, 2.45) is 5.73 Å². The highest BCUT2D eigenvalue weighted by Crippen LogP contribution is 2.20. The Kier molecular flexibility index (Phi) is 3.25. The summed E-state index contributed by atoms with van der Waals surface area (Å²) in [5.74, 6) is -0.982. The number of benzene rings is 1. The fourth-order valence-corrected chi connectivity index (χ4v) is 1.60. The molecule has 3 N–H and O–H groups in total. The summed E-state index contributed by atoms with van der Waals surface area (Å²) in [5.41, 5.74) is 8.41. The molecule has 0 aliphatic carbocycles. The summed E-state index contributed by atoms with van der Waals surface area (Å²) >= 11 is 0. The first-order chi connectivity index (χ1) is 8.16. The van der Waals surface area contributed by atoms with Gasteiger partial charge in [0, 0.05) is 5.56 Å².